The van der Waals surface area contributed by atoms with Crippen molar-refractivity contribution in [3.63, 3.8) is 0 Å². The molecule has 0 amide bonds. The van der Waals surface area contributed by atoms with E-state index < -0.39 is 5.97 Å². The molecule has 21 heavy (non-hydrogen) atoms. The summed E-state index contributed by atoms with van der Waals surface area (Å²) in [5.74, 6) is 0.821. The van der Waals surface area contributed by atoms with E-state index in [0.29, 0.717) is 23.6 Å². The number of carbonyl (C=O) groups is 1. The molecule has 2 N–H and O–H groups in total. The third-order valence-electron chi connectivity index (χ3n) is 2.79. The van der Waals surface area contributed by atoms with Crippen molar-refractivity contribution in [2.24, 2.45) is 0 Å². The fourth-order valence-electron chi connectivity index (χ4n) is 1.76. The van der Waals surface area contributed by atoms with Crippen LogP contribution in [-0.2, 0) is 4.74 Å². The van der Waals surface area contributed by atoms with E-state index in [-0.39, 0.29) is 6.61 Å². The fourth-order valence-corrected chi connectivity index (χ4v) is 1.76. The number of nitrogen functional groups attached to an aromatic ring is 1. The molecule has 0 saturated carbocycles. The predicted octanol–water partition coefficient (Wildman–Crippen LogP) is 2.51. The highest BCUT2D eigenvalue weighted by Gasteiger charge is 2.09. The molecule has 0 aromatic heterocycles. The Morgan fingerprint density at radius 1 is 1.10 bits per heavy atom. The number of methoxy groups -OCH3 is 1. The molecule has 0 aliphatic carbocycles. The Morgan fingerprint density at radius 3 is 2.52 bits per heavy atom. The molecule has 0 unspecified atom stereocenters. The van der Waals surface area contributed by atoms with Gasteiger partial charge in [0.05, 0.1) is 18.4 Å². The van der Waals surface area contributed by atoms with Gasteiger partial charge in [0.2, 0.25) is 0 Å². The largest absolute Gasteiger partial charge is 0.495 e. The Hall–Kier alpha value is -2.69. The van der Waals surface area contributed by atoms with Crippen LogP contribution in [0.25, 0.3) is 0 Å². The van der Waals surface area contributed by atoms with Gasteiger partial charge in [-0.05, 0) is 30.3 Å². The number of rotatable bonds is 6. The number of nitrogens with two attached hydrogens (primary N) is 1. The first-order valence-electron chi connectivity index (χ1n) is 6.49. The van der Waals surface area contributed by atoms with Gasteiger partial charge >= 0.3 is 5.97 Å². The summed E-state index contributed by atoms with van der Waals surface area (Å²) in [6.45, 7) is 0.459. The van der Waals surface area contributed by atoms with Crippen molar-refractivity contribution in [1.82, 2.24) is 0 Å². The standard InChI is InChI=1S/C16H17NO4/c1-19-15-8-7-12(11-14(15)17)16(18)21-10-9-20-13-5-3-2-4-6-13/h2-8,11H,9-10,17H2,1H3. The summed E-state index contributed by atoms with van der Waals surface area (Å²) in [5, 5.41) is 0. The maximum Gasteiger partial charge on any atom is 0.338 e. The Bertz CT molecular complexity index is 598. The number of anilines is 1. The van der Waals surface area contributed by atoms with Crippen molar-refractivity contribution in [1.29, 1.82) is 0 Å². The molecule has 5 nitrogen and oxygen atoms in total. The Morgan fingerprint density at radius 2 is 1.86 bits per heavy atom. The van der Waals surface area contributed by atoms with Gasteiger partial charge in [-0.1, -0.05) is 18.2 Å². The summed E-state index contributed by atoms with van der Waals surface area (Å²) in [7, 11) is 1.52. The molecule has 5 heteroatoms. The van der Waals surface area contributed by atoms with Crippen LogP contribution < -0.4 is 15.2 Å². The zero-order valence-electron chi connectivity index (χ0n) is 11.7. The number of benzene rings is 2. The number of hydrogen-bond acceptors (Lipinski definition) is 5. The molecule has 0 fully saturated rings. The van der Waals surface area contributed by atoms with Crippen molar-refractivity contribution in [2.75, 3.05) is 26.1 Å². The van der Waals surface area contributed by atoms with Gasteiger partial charge in [-0.2, -0.15) is 0 Å². The lowest BCUT2D eigenvalue weighted by molar-refractivity contribution is 0.0450. The molecule has 2 aromatic carbocycles. The van der Waals surface area contributed by atoms with Crippen LogP contribution in [-0.4, -0.2) is 26.3 Å². The van der Waals surface area contributed by atoms with E-state index in [1.165, 1.54) is 13.2 Å². The minimum Gasteiger partial charge on any atom is -0.495 e. The molecule has 0 aliphatic rings. The maximum absolute atomic E-state index is 11.8. The molecule has 0 heterocycles. The topological polar surface area (TPSA) is 70.8 Å². The fraction of sp³-hybridized carbons (Fsp3) is 0.188. The second kappa shape index (κ2) is 7.19. The average molecular weight is 287 g/mol. The molecule has 0 saturated heterocycles. The zero-order valence-corrected chi connectivity index (χ0v) is 11.7. The summed E-state index contributed by atoms with van der Waals surface area (Å²) in [4.78, 5) is 11.8. The molecule has 2 rings (SSSR count). The van der Waals surface area contributed by atoms with Crippen LogP contribution in [0.3, 0.4) is 0 Å². The van der Waals surface area contributed by atoms with Crippen LogP contribution in [0.2, 0.25) is 0 Å². The van der Waals surface area contributed by atoms with E-state index in [2.05, 4.69) is 0 Å². The van der Waals surface area contributed by atoms with Gasteiger partial charge in [0, 0.05) is 0 Å². The van der Waals surface area contributed by atoms with Crippen molar-refractivity contribution >= 4 is 11.7 Å². The van der Waals surface area contributed by atoms with E-state index in [9.17, 15) is 4.79 Å². The average Bonchev–Trinajstić information content (AvgIpc) is 2.52. The summed E-state index contributed by atoms with van der Waals surface area (Å²) >= 11 is 0. The molecule has 0 aliphatic heterocycles. The number of carbonyl (C=O) groups excluding carboxylic acids is 1. The molecular formula is C16H17NO4. The second-order valence-corrected chi connectivity index (χ2v) is 4.25. The zero-order chi connectivity index (χ0) is 15.1. The number of para-hydroxylation sites is 1. The smallest absolute Gasteiger partial charge is 0.338 e. The summed E-state index contributed by atoms with van der Waals surface area (Å²) < 4.78 is 15.6. The molecule has 0 spiro atoms. The lowest BCUT2D eigenvalue weighted by Gasteiger charge is -2.09. The quantitative estimate of drug-likeness (QED) is 0.502. The SMILES string of the molecule is COc1ccc(C(=O)OCCOc2ccccc2)cc1N. The molecular weight excluding hydrogens is 270 g/mol. The number of ether oxygens (including phenoxy) is 3. The Balaban J connectivity index is 1.80. The van der Waals surface area contributed by atoms with Gasteiger partial charge in [0.25, 0.3) is 0 Å². The molecule has 2 aromatic rings. The summed E-state index contributed by atoms with van der Waals surface area (Å²) in [5.41, 5.74) is 6.52. The summed E-state index contributed by atoms with van der Waals surface area (Å²) in [6.07, 6.45) is 0. The Kier molecular flexibility index (Phi) is 5.04. The van der Waals surface area contributed by atoms with E-state index in [4.69, 9.17) is 19.9 Å². The maximum atomic E-state index is 11.8. The van der Waals surface area contributed by atoms with Crippen LogP contribution in [0.5, 0.6) is 11.5 Å². The molecule has 0 radical (unpaired) electrons. The summed E-state index contributed by atoms with van der Waals surface area (Å²) in [6, 6.07) is 14.1. The van der Waals surface area contributed by atoms with Crippen molar-refractivity contribution < 1.29 is 19.0 Å². The molecule has 110 valence electrons. The van der Waals surface area contributed by atoms with Gasteiger partial charge in [0.1, 0.15) is 24.7 Å². The number of esters is 1. The van der Waals surface area contributed by atoms with Crippen LogP contribution in [0, 0.1) is 0 Å². The van der Waals surface area contributed by atoms with E-state index in [1.807, 2.05) is 30.3 Å². The lowest BCUT2D eigenvalue weighted by Crippen LogP contribution is -2.12. The van der Waals surface area contributed by atoms with Gasteiger partial charge in [-0.3, -0.25) is 0 Å². The normalized spacial score (nSPS) is 9.95. The number of hydrogen-bond donors (Lipinski definition) is 1. The van der Waals surface area contributed by atoms with Crippen LogP contribution >= 0.6 is 0 Å². The Labute approximate surface area is 123 Å². The van der Waals surface area contributed by atoms with Crippen LogP contribution in [0.15, 0.2) is 48.5 Å². The third-order valence-corrected chi connectivity index (χ3v) is 2.79. The highest BCUT2D eigenvalue weighted by atomic mass is 16.6. The third kappa shape index (κ3) is 4.14. The van der Waals surface area contributed by atoms with Crippen molar-refractivity contribution in [2.45, 2.75) is 0 Å². The lowest BCUT2D eigenvalue weighted by atomic mass is 10.2. The van der Waals surface area contributed by atoms with Gasteiger partial charge in [-0.15, -0.1) is 0 Å². The van der Waals surface area contributed by atoms with Crippen LogP contribution in [0.1, 0.15) is 10.4 Å². The molecule has 0 bridgehead atoms. The van der Waals surface area contributed by atoms with Crippen LogP contribution in [0.4, 0.5) is 5.69 Å². The molecule has 0 atom stereocenters. The second-order valence-electron chi connectivity index (χ2n) is 4.25. The first-order valence-corrected chi connectivity index (χ1v) is 6.49. The monoisotopic (exact) mass is 287 g/mol. The highest BCUT2D eigenvalue weighted by molar-refractivity contribution is 5.91. The van der Waals surface area contributed by atoms with Gasteiger partial charge in [0.15, 0.2) is 0 Å². The van der Waals surface area contributed by atoms with Gasteiger partial charge in [-0.25, -0.2) is 4.79 Å². The van der Waals surface area contributed by atoms with E-state index in [0.717, 1.165) is 5.75 Å². The van der Waals surface area contributed by atoms with E-state index >= 15 is 0 Å². The van der Waals surface area contributed by atoms with Crippen molar-refractivity contribution in [3.05, 3.63) is 54.1 Å². The van der Waals surface area contributed by atoms with Gasteiger partial charge < -0.3 is 19.9 Å². The highest BCUT2D eigenvalue weighted by Crippen LogP contribution is 2.22. The predicted molar refractivity (Wildman–Crippen MR) is 79.6 cm³/mol. The van der Waals surface area contributed by atoms with Crippen molar-refractivity contribution in [3.8, 4) is 11.5 Å². The minimum absolute atomic E-state index is 0.166. The first kappa shape index (κ1) is 14.7. The minimum atomic E-state index is -0.444. The first-order chi connectivity index (χ1) is 10.2. The van der Waals surface area contributed by atoms with E-state index in [1.54, 1.807) is 12.1 Å².